The standard InChI is InChI=1S/C17H26N2O3S/c1-3-14-9-11-16(12-10-14)19(23(2,21)22)13-17(20)18-15-7-5-4-6-8-15/h9-12,15H,3-8,13H2,1-2H3,(H,18,20). The number of aryl methyl sites for hydroxylation is 1. The Morgan fingerprint density at radius 2 is 1.78 bits per heavy atom. The molecule has 0 bridgehead atoms. The van der Waals surface area contributed by atoms with Crippen LogP contribution in [0.3, 0.4) is 0 Å². The molecule has 1 amide bonds. The maximum Gasteiger partial charge on any atom is 0.240 e. The molecular formula is C17H26N2O3S. The third kappa shape index (κ3) is 5.23. The van der Waals surface area contributed by atoms with E-state index >= 15 is 0 Å². The Hall–Kier alpha value is -1.56. The average Bonchev–Trinajstić information content (AvgIpc) is 2.53. The summed E-state index contributed by atoms with van der Waals surface area (Å²) in [6.07, 6.45) is 7.45. The molecule has 1 N–H and O–H groups in total. The number of nitrogens with one attached hydrogen (secondary N) is 1. The zero-order valence-corrected chi connectivity index (χ0v) is 14.7. The quantitative estimate of drug-likeness (QED) is 0.866. The molecule has 0 atom stereocenters. The minimum atomic E-state index is -3.50. The van der Waals surface area contributed by atoms with Crippen molar-refractivity contribution in [1.29, 1.82) is 0 Å². The van der Waals surface area contributed by atoms with Gasteiger partial charge >= 0.3 is 0 Å². The van der Waals surface area contributed by atoms with Crippen LogP contribution in [-0.4, -0.2) is 33.2 Å². The van der Waals surface area contributed by atoms with Gasteiger partial charge in [-0.2, -0.15) is 0 Å². The summed E-state index contributed by atoms with van der Waals surface area (Å²) in [5.74, 6) is -0.234. The second-order valence-electron chi connectivity index (χ2n) is 6.19. The Balaban J connectivity index is 2.07. The first-order valence-electron chi connectivity index (χ1n) is 8.26. The van der Waals surface area contributed by atoms with Crippen molar-refractivity contribution in [2.45, 2.75) is 51.5 Å². The van der Waals surface area contributed by atoms with Crippen molar-refractivity contribution in [2.75, 3.05) is 17.1 Å². The van der Waals surface area contributed by atoms with Gasteiger partial charge in [-0.1, -0.05) is 38.3 Å². The van der Waals surface area contributed by atoms with E-state index in [4.69, 9.17) is 0 Å². The molecule has 1 aliphatic carbocycles. The van der Waals surface area contributed by atoms with Crippen LogP contribution in [0.4, 0.5) is 5.69 Å². The van der Waals surface area contributed by atoms with Gasteiger partial charge in [0.15, 0.2) is 0 Å². The van der Waals surface area contributed by atoms with E-state index in [1.54, 1.807) is 12.1 Å². The minimum Gasteiger partial charge on any atom is -0.352 e. The van der Waals surface area contributed by atoms with Gasteiger partial charge in [0.05, 0.1) is 11.9 Å². The molecule has 1 aromatic rings. The highest BCUT2D eigenvalue weighted by molar-refractivity contribution is 7.92. The molecule has 0 aliphatic heterocycles. The second-order valence-corrected chi connectivity index (χ2v) is 8.10. The smallest absolute Gasteiger partial charge is 0.240 e. The van der Waals surface area contributed by atoms with Crippen LogP contribution in [0.1, 0.15) is 44.6 Å². The SMILES string of the molecule is CCc1ccc(N(CC(=O)NC2CCCCC2)S(C)(=O)=O)cc1. The lowest BCUT2D eigenvalue weighted by Gasteiger charge is -2.26. The molecule has 5 nitrogen and oxygen atoms in total. The van der Waals surface area contributed by atoms with Crippen LogP contribution < -0.4 is 9.62 Å². The van der Waals surface area contributed by atoms with E-state index < -0.39 is 10.0 Å². The highest BCUT2D eigenvalue weighted by Crippen LogP contribution is 2.20. The van der Waals surface area contributed by atoms with Crippen LogP contribution in [0, 0.1) is 0 Å². The number of anilines is 1. The van der Waals surface area contributed by atoms with Crippen molar-refractivity contribution in [3.05, 3.63) is 29.8 Å². The van der Waals surface area contributed by atoms with Gasteiger partial charge in [0.25, 0.3) is 0 Å². The number of carbonyl (C=O) groups is 1. The van der Waals surface area contributed by atoms with Crippen molar-refractivity contribution in [1.82, 2.24) is 5.32 Å². The van der Waals surface area contributed by atoms with Crippen LogP contribution in [-0.2, 0) is 21.2 Å². The van der Waals surface area contributed by atoms with Gasteiger partial charge < -0.3 is 5.32 Å². The third-order valence-electron chi connectivity index (χ3n) is 4.29. The topological polar surface area (TPSA) is 66.5 Å². The molecule has 0 unspecified atom stereocenters. The first kappa shape index (κ1) is 17.8. The van der Waals surface area contributed by atoms with Crippen LogP contribution in [0.25, 0.3) is 0 Å². The molecule has 128 valence electrons. The van der Waals surface area contributed by atoms with Crippen LogP contribution in [0.15, 0.2) is 24.3 Å². The highest BCUT2D eigenvalue weighted by atomic mass is 32.2. The fraction of sp³-hybridized carbons (Fsp3) is 0.588. The molecular weight excluding hydrogens is 312 g/mol. The van der Waals surface area contributed by atoms with E-state index in [1.807, 2.05) is 19.1 Å². The van der Waals surface area contributed by atoms with E-state index in [0.717, 1.165) is 43.9 Å². The third-order valence-corrected chi connectivity index (χ3v) is 5.43. The fourth-order valence-electron chi connectivity index (χ4n) is 2.95. The molecule has 1 aromatic carbocycles. The molecule has 1 saturated carbocycles. The Kier molecular flexibility index (Phi) is 6.04. The van der Waals surface area contributed by atoms with Crippen molar-refractivity contribution < 1.29 is 13.2 Å². The monoisotopic (exact) mass is 338 g/mol. The van der Waals surface area contributed by atoms with Crippen molar-refractivity contribution >= 4 is 21.6 Å². The Morgan fingerprint density at radius 1 is 1.17 bits per heavy atom. The molecule has 0 saturated heterocycles. The van der Waals surface area contributed by atoms with Gasteiger partial charge in [-0.25, -0.2) is 8.42 Å². The Bertz CT molecular complexity index is 620. The number of sulfonamides is 1. The summed E-state index contributed by atoms with van der Waals surface area (Å²) in [7, 11) is -3.50. The largest absolute Gasteiger partial charge is 0.352 e. The first-order chi connectivity index (χ1) is 10.9. The predicted octanol–water partition coefficient (Wildman–Crippen LogP) is 2.46. The van der Waals surface area contributed by atoms with Crippen molar-refractivity contribution in [3.8, 4) is 0 Å². The second kappa shape index (κ2) is 7.81. The first-order valence-corrected chi connectivity index (χ1v) is 10.1. The molecule has 6 heteroatoms. The maximum absolute atomic E-state index is 12.2. The van der Waals surface area contributed by atoms with Gasteiger partial charge in [-0.05, 0) is 37.0 Å². The molecule has 0 heterocycles. The molecule has 2 rings (SSSR count). The van der Waals surface area contributed by atoms with E-state index in [1.165, 1.54) is 10.7 Å². The molecule has 0 aromatic heterocycles. The van der Waals surface area contributed by atoms with Gasteiger partial charge in [0.2, 0.25) is 15.9 Å². The van der Waals surface area contributed by atoms with Crippen molar-refractivity contribution in [3.63, 3.8) is 0 Å². The molecule has 0 spiro atoms. The number of benzene rings is 1. The summed E-state index contributed by atoms with van der Waals surface area (Å²) >= 11 is 0. The lowest BCUT2D eigenvalue weighted by molar-refractivity contribution is -0.120. The molecule has 1 fully saturated rings. The minimum absolute atomic E-state index is 0.166. The molecule has 1 aliphatic rings. The van der Waals surface area contributed by atoms with Crippen molar-refractivity contribution in [2.24, 2.45) is 0 Å². The number of nitrogens with zero attached hydrogens (tertiary/aromatic N) is 1. The summed E-state index contributed by atoms with van der Waals surface area (Å²) in [5, 5.41) is 2.97. The number of rotatable bonds is 6. The number of hydrogen-bond donors (Lipinski definition) is 1. The Labute approximate surface area is 139 Å². The summed E-state index contributed by atoms with van der Waals surface area (Å²) in [5.41, 5.74) is 1.66. The molecule has 23 heavy (non-hydrogen) atoms. The fourth-order valence-corrected chi connectivity index (χ4v) is 3.81. The van der Waals surface area contributed by atoms with Gasteiger partial charge in [0.1, 0.15) is 6.54 Å². The van der Waals surface area contributed by atoms with E-state index in [9.17, 15) is 13.2 Å². The van der Waals surface area contributed by atoms with Gasteiger partial charge in [-0.15, -0.1) is 0 Å². The summed E-state index contributed by atoms with van der Waals surface area (Å²) in [6.45, 7) is 1.88. The average molecular weight is 338 g/mol. The normalized spacial score (nSPS) is 16.1. The number of hydrogen-bond acceptors (Lipinski definition) is 3. The van der Waals surface area contributed by atoms with Crippen LogP contribution in [0.2, 0.25) is 0 Å². The van der Waals surface area contributed by atoms with E-state index in [2.05, 4.69) is 5.32 Å². The highest BCUT2D eigenvalue weighted by Gasteiger charge is 2.23. The van der Waals surface area contributed by atoms with Crippen LogP contribution >= 0.6 is 0 Å². The number of amides is 1. The summed E-state index contributed by atoms with van der Waals surface area (Å²) in [4.78, 5) is 12.2. The number of carbonyl (C=O) groups excluding carboxylic acids is 1. The molecule has 0 radical (unpaired) electrons. The Morgan fingerprint density at radius 3 is 2.30 bits per heavy atom. The zero-order valence-electron chi connectivity index (χ0n) is 13.9. The summed E-state index contributed by atoms with van der Waals surface area (Å²) < 4.78 is 25.3. The zero-order chi connectivity index (χ0) is 16.9. The van der Waals surface area contributed by atoms with Gasteiger partial charge in [-0.3, -0.25) is 9.10 Å². The predicted molar refractivity (Wildman–Crippen MR) is 93.0 cm³/mol. The van der Waals surface area contributed by atoms with E-state index in [-0.39, 0.29) is 18.5 Å². The van der Waals surface area contributed by atoms with Gasteiger partial charge in [0, 0.05) is 6.04 Å². The lowest BCUT2D eigenvalue weighted by Crippen LogP contribution is -2.44. The maximum atomic E-state index is 12.2. The van der Waals surface area contributed by atoms with Crippen LogP contribution in [0.5, 0.6) is 0 Å². The summed E-state index contributed by atoms with van der Waals surface area (Å²) in [6, 6.07) is 7.49. The van der Waals surface area contributed by atoms with E-state index in [0.29, 0.717) is 5.69 Å². The lowest BCUT2D eigenvalue weighted by atomic mass is 9.95.